The summed E-state index contributed by atoms with van der Waals surface area (Å²) in [6.07, 6.45) is 4.29. The average Bonchev–Trinajstić information content (AvgIpc) is 3.68. The van der Waals surface area contributed by atoms with Gasteiger partial charge in [-0.3, -0.25) is 4.90 Å². The van der Waals surface area contributed by atoms with Crippen LogP contribution in [0.25, 0.3) is 22.6 Å². The van der Waals surface area contributed by atoms with Crippen LogP contribution < -0.4 is 10.1 Å². The fourth-order valence-electron chi connectivity index (χ4n) is 5.90. The van der Waals surface area contributed by atoms with Crippen LogP contribution in [0.4, 0.5) is 5.82 Å². The van der Waals surface area contributed by atoms with E-state index >= 15 is 0 Å². The molecule has 9 nitrogen and oxygen atoms in total. The third-order valence-electron chi connectivity index (χ3n) is 8.17. The van der Waals surface area contributed by atoms with Crippen molar-refractivity contribution in [2.24, 2.45) is 0 Å². The first-order valence-corrected chi connectivity index (χ1v) is 14.5. The SMILES string of the molecule is Cc1ccc(OC[C@H](O)CN(C)C)cc1-c1nc(N[C@H]2CCN(C3CC3)[C@@H](C)C2)c(C)c(-c2c(C)noc2C)n1. The first-order chi connectivity index (χ1) is 19.1. The molecule has 5 rings (SSSR count). The van der Waals surface area contributed by atoms with Gasteiger partial charge in [0.2, 0.25) is 0 Å². The van der Waals surface area contributed by atoms with Crippen LogP contribution in [0.3, 0.4) is 0 Å². The Bertz CT molecular complexity index is 1320. The summed E-state index contributed by atoms with van der Waals surface area (Å²) in [5.74, 6) is 2.90. The van der Waals surface area contributed by atoms with E-state index in [1.54, 1.807) is 0 Å². The Morgan fingerprint density at radius 3 is 2.58 bits per heavy atom. The number of aryl methyl sites for hydroxylation is 3. The number of piperidine rings is 1. The molecule has 1 aliphatic heterocycles. The number of aromatic nitrogens is 3. The van der Waals surface area contributed by atoms with Gasteiger partial charge in [0.25, 0.3) is 0 Å². The highest BCUT2D eigenvalue weighted by Crippen LogP contribution is 2.37. The van der Waals surface area contributed by atoms with Crippen LogP contribution in [0.2, 0.25) is 0 Å². The maximum absolute atomic E-state index is 10.3. The van der Waals surface area contributed by atoms with E-state index in [1.165, 1.54) is 12.8 Å². The quantitative estimate of drug-likeness (QED) is 0.371. The molecule has 1 saturated carbocycles. The molecule has 2 N–H and O–H groups in total. The largest absolute Gasteiger partial charge is 0.491 e. The van der Waals surface area contributed by atoms with Crippen molar-refractivity contribution in [3.63, 3.8) is 0 Å². The highest BCUT2D eigenvalue weighted by molar-refractivity contribution is 5.75. The predicted molar refractivity (Wildman–Crippen MR) is 158 cm³/mol. The van der Waals surface area contributed by atoms with Gasteiger partial charge in [-0.25, -0.2) is 9.97 Å². The van der Waals surface area contributed by atoms with Crippen LogP contribution in [0.1, 0.15) is 55.2 Å². The summed E-state index contributed by atoms with van der Waals surface area (Å²) in [5, 5.41) is 18.3. The Hall–Kier alpha value is -3.01. The maximum Gasteiger partial charge on any atom is 0.162 e. The lowest BCUT2D eigenvalue weighted by atomic mass is 9.97. The van der Waals surface area contributed by atoms with Crippen molar-refractivity contribution >= 4 is 5.82 Å². The Morgan fingerprint density at radius 2 is 1.93 bits per heavy atom. The van der Waals surface area contributed by atoms with Crippen LogP contribution in [0.15, 0.2) is 22.7 Å². The van der Waals surface area contributed by atoms with Crippen LogP contribution in [-0.2, 0) is 0 Å². The summed E-state index contributed by atoms with van der Waals surface area (Å²) >= 11 is 0. The number of aliphatic hydroxyl groups excluding tert-OH is 1. The van der Waals surface area contributed by atoms with Gasteiger partial charge in [0.15, 0.2) is 5.82 Å². The lowest BCUT2D eigenvalue weighted by Gasteiger charge is -2.38. The topological polar surface area (TPSA) is 99.8 Å². The molecule has 2 aromatic heterocycles. The second-order valence-corrected chi connectivity index (χ2v) is 12.0. The van der Waals surface area contributed by atoms with E-state index in [0.717, 1.165) is 70.6 Å². The average molecular weight is 549 g/mol. The molecule has 9 heteroatoms. The van der Waals surface area contributed by atoms with E-state index < -0.39 is 6.10 Å². The van der Waals surface area contributed by atoms with Crippen molar-refractivity contribution in [3.8, 4) is 28.4 Å². The third-order valence-corrected chi connectivity index (χ3v) is 8.17. The molecular weight excluding hydrogens is 504 g/mol. The number of ether oxygens (including phenoxy) is 1. The van der Waals surface area contributed by atoms with Gasteiger partial charge in [-0.1, -0.05) is 11.2 Å². The van der Waals surface area contributed by atoms with Gasteiger partial charge in [-0.05, 0) is 92.1 Å². The van der Waals surface area contributed by atoms with E-state index in [-0.39, 0.29) is 6.61 Å². The second kappa shape index (κ2) is 11.8. The third kappa shape index (κ3) is 6.32. The van der Waals surface area contributed by atoms with Gasteiger partial charge >= 0.3 is 0 Å². The number of hydrogen-bond acceptors (Lipinski definition) is 9. The Balaban J connectivity index is 1.48. The number of anilines is 1. The smallest absolute Gasteiger partial charge is 0.162 e. The molecular formula is C31H44N6O3. The number of nitrogens with one attached hydrogen (secondary N) is 1. The minimum atomic E-state index is -0.578. The number of rotatable bonds is 10. The molecule has 0 unspecified atom stereocenters. The highest BCUT2D eigenvalue weighted by atomic mass is 16.5. The van der Waals surface area contributed by atoms with E-state index in [1.807, 2.05) is 51.0 Å². The van der Waals surface area contributed by atoms with Crippen molar-refractivity contribution in [1.82, 2.24) is 24.9 Å². The molecule has 1 saturated heterocycles. The first-order valence-electron chi connectivity index (χ1n) is 14.5. The van der Waals surface area contributed by atoms with E-state index in [2.05, 4.69) is 36.1 Å². The molecule has 1 aliphatic carbocycles. The second-order valence-electron chi connectivity index (χ2n) is 12.0. The molecule has 0 spiro atoms. The molecule has 3 aromatic rings. The Labute approximate surface area is 237 Å². The molecule has 1 aromatic carbocycles. The van der Waals surface area contributed by atoms with Gasteiger partial charge in [-0.15, -0.1) is 0 Å². The van der Waals surface area contributed by atoms with Gasteiger partial charge in [0.1, 0.15) is 30.0 Å². The molecule has 216 valence electrons. The van der Waals surface area contributed by atoms with Crippen molar-refractivity contribution in [2.45, 2.75) is 84.5 Å². The fourth-order valence-corrected chi connectivity index (χ4v) is 5.90. The zero-order valence-corrected chi connectivity index (χ0v) is 25.0. The summed E-state index contributed by atoms with van der Waals surface area (Å²) in [4.78, 5) is 14.8. The standard InChI is InChI=1S/C31H44N6O3/c1-18-8-11-26(39-17-25(38)16-36(6)7)15-27(18)31-33-29(28-21(4)35-40-22(28)5)20(3)30(34-31)32-23-12-13-37(19(2)14-23)24-9-10-24/h8,11,15,19,23-25,38H,9-10,12-14,16-17H2,1-7H3,(H,32,33,34)/t19-,23-,25+/m0/s1. The lowest BCUT2D eigenvalue weighted by molar-refractivity contribution is 0.0831. The number of hydrogen-bond donors (Lipinski definition) is 2. The molecule has 0 radical (unpaired) electrons. The summed E-state index contributed by atoms with van der Waals surface area (Å²) in [7, 11) is 3.86. The minimum absolute atomic E-state index is 0.213. The van der Waals surface area contributed by atoms with Crippen LogP contribution >= 0.6 is 0 Å². The Kier molecular flexibility index (Phi) is 8.44. The summed E-state index contributed by atoms with van der Waals surface area (Å²) in [6.45, 7) is 12.2. The van der Waals surface area contributed by atoms with E-state index in [4.69, 9.17) is 19.2 Å². The minimum Gasteiger partial charge on any atom is -0.491 e. The van der Waals surface area contributed by atoms with Gasteiger partial charge in [0.05, 0.1) is 17.0 Å². The molecule has 0 amide bonds. The van der Waals surface area contributed by atoms with Crippen molar-refractivity contribution in [3.05, 3.63) is 40.8 Å². The zero-order valence-electron chi connectivity index (χ0n) is 25.0. The fraction of sp³-hybridized carbons (Fsp3) is 0.581. The van der Waals surface area contributed by atoms with E-state index in [0.29, 0.717) is 30.2 Å². The molecule has 0 bridgehead atoms. The predicted octanol–water partition coefficient (Wildman–Crippen LogP) is 4.76. The summed E-state index contributed by atoms with van der Waals surface area (Å²) in [6, 6.07) is 7.61. The number of benzene rings is 1. The van der Waals surface area contributed by atoms with Gasteiger partial charge in [-0.2, -0.15) is 0 Å². The van der Waals surface area contributed by atoms with Crippen LogP contribution in [0.5, 0.6) is 5.75 Å². The number of nitrogens with zero attached hydrogens (tertiary/aromatic N) is 5. The molecule has 2 fully saturated rings. The Morgan fingerprint density at radius 1 is 1.15 bits per heavy atom. The van der Waals surface area contributed by atoms with Crippen LogP contribution in [-0.4, -0.2) is 88.1 Å². The van der Waals surface area contributed by atoms with Gasteiger partial charge in [0, 0.05) is 42.3 Å². The summed E-state index contributed by atoms with van der Waals surface area (Å²) < 4.78 is 11.5. The zero-order chi connectivity index (χ0) is 28.6. The lowest BCUT2D eigenvalue weighted by Crippen LogP contribution is -2.46. The highest BCUT2D eigenvalue weighted by Gasteiger charge is 2.36. The number of likely N-dealkylation sites (tertiary alicyclic amines) is 1. The monoisotopic (exact) mass is 548 g/mol. The number of likely N-dealkylation sites (N-methyl/N-ethyl adjacent to an activating group) is 1. The van der Waals surface area contributed by atoms with Crippen LogP contribution in [0, 0.1) is 27.7 Å². The number of aliphatic hydroxyl groups is 1. The summed E-state index contributed by atoms with van der Waals surface area (Å²) in [5.41, 5.74) is 5.50. The normalized spacial score (nSPS) is 20.6. The molecule has 3 heterocycles. The molecule has 40 heavy (non-hydrogen) atoms. The van der Waals surface area contributed by atoms with E-state index in [9.17, 15) is 5.11 Å². The maximum atomic E-state index is 10.3. The van der Waals surface area contributed by atoms with Gasteiger partial charge < -0.3 is 24.6 Å². The van der Waals surface area contributed by atoms with Crippen molar-refractivity contribution < 1.29 is 14.4 Å². The van der Waals surface area contributed by atoms with Crippen molar-refractivity contribution in [1.29, 1.82) is 0 Å². The first kappa shape index (κ1) is 28.5. The molecule has 3 atom stereocenters. The molecule has 2 aliphatic rings. The van der Waals surface area contributed by atoms with Crippen molar-refractivity contribution in [2.75, 3.05) is 39.1 Å².